The molecular weight excluding hydrogens is 287 g/mol. The van der Waals surface area contributed by atoms with Crippen molar-refractivity contribution >= 4 is 27.5 Å². The first kappa shape index (κ1) is 14.1. The predicted octanol–water partition coefficient (Wildman–Crippen LogP) is 2.90. The summed E-state index contributed by atoms with van der Waals surface area (Å²) in [5.74, 6) is -0.653. The van der Waals surface area contributed by atoms with Crippen molar-refractivity contribution < 1.29 is 9.18 Å². The number of carbonyl (C=O) groups is 1. The van der Waals surface area contributed by atoms with E-state index in [1.54, 1.807) is 0 Å². The Balaban J connectivity index is 2.82. The lowest BCUT2D eigenvalue weighted by atomic mass is 9.87. The van der Waals surface area contributed by atoms with E-state index >= 15 is 0 Å². The molecule has 0 radical (unpaired) electrons. The van der Waals surface area contributed by atoms with E-state index in [2.05, 4.69) is 21.2 Å². The third-order valence-corrected chi connectivity index (χ3v) is 3.06. The Bertz CT molecular complexity index is 429. The Hall–Kier alpha value is -0.940. The first-order chi connectivity index (χ1) is 7.71. The average Bonchev–Trinajstić information content (AvgIpc) is 2.19. The van der Waals surface area contributed by atoms with Crippen LogP contribution >= 0.6 is 15.9 Å². The molecule has 5 heteroatoms. The van der Waals surface area contributed by atoms with Gasteiger partial charge in [-0.1, -0.05) is 20.8 Å². The Labute approximate surface area is 109 Å². The molecule has 1 rings (SSSR count). The molecule has 0 unspecified atom stereocenters. The minimum Gasteiger partial charge on any atom is -0.324 e. The highest BCUT2D eigenvalue weighted by Gasteiger charge is 2.27. The number of nitrogens with two attached hydrogens (primary N) is 1. The summed E-state index contributed by atoms with van der Waals surface area (Å²) < 4.78 is 13.4. The van der Waals surface area contributed by atoms with Crippen LogP contribution in [-0.2, 0) is 4.79 Å². The molecule has 0 aromatic heterocycles. The van der Waals surface area contributed by atoms with Crippen LogP contribution in [0.25, 0.3) is 0 Å². The van der Waals surface area contributed by atoms with Crippen LogP contribution < -0.4 is 11.1 Å². The zero-order valence-electron chi connectivity index (χ0n) is 10.1. The Kier molecular flexibility index (Phi) is 4.27. The second-order valence-corrected chi connectivity index (χ2v) is 5.81. The molecular formula is C12H16BrFN2O. The van der Waals surface area contributed by atoms with Crippen LogP contribution in [0.1, 0.15) is 20.8 Å². The second-order valence-electron chi connectivity index (χ2n) is 4.96. The van der Waals surface area contributed by atoms with E-state index in [-0.39, 0.29) is 17.1 Å². The van der Waals surface area contributed by atoms with Gasteiger partial charge >= 0.3 is 0 Å². The normalized spacial score (nSPS) is 13.3. The summed E-state index contributed by atoms with van der Waals surface area (Å²) in [6.45, 7) is 5.66. The van der Waals surface area contributed by atoms with Crippen LogP contribution in [0.5, 0.6) is 0 Å². The summed E-state index contributed by atoms with van der Waals surface area (Å²) in [4.78, 5) is 11.8. The van der Waals surface area contributed by atoms with Gasteiger partial charge in [0.05, 0.1) is 11.7 Å². The van der Waals surface area contributed by atoms with Crippen molar-refractivity contribution in [3.05, 3.63) is 28.5 Å². The van der Waals surface area contributed by atoms with Gasteiger partial charge in [0.25, 0.3) is 0 Å². The maximum absolute atomic E-state index is 12.9. The first-order valence-corrected chi connectivity index (χ1v) is 6.02. The maximum atomic E-state index is 12.9. The number of rotatable bonds is 2. The SMILES string of the molecule is CC(C)(C)[C@H](N)C(=O)Nc1ccc(F)cc1Br. The summed E-state index contributed by atoms with van der Waals surface area (Å²) in [6, 6.07) is 3.44. The van der Waals surface area contributed by atoms with E-state index in [9.17, 15) is 9.18 Å². The Morgan fingerprint density at radius 1 is 1.47 bits per heavy atom. The zero-order chi connectivity index (χ0) is 13.2. The van der Waals surface area contributed by atoms with Gasteiger partial charge in [-0.05, 0) is 39.5 Å². The third-order valence-electron chi connectivity index (χ3n) is 2.40. The predicted molar refractivity (Wildman–Crippen MR) is 70.2 cm³/mol. The van der Waals surface area contributed by atoms with E-state index in [1.165, 1.54) is 18.2 Å². The molecule has 0 aliphatic rings. The molecule has 1 aromatic carbocycles. The van der Waals surface area contributed by atoms with E-state index in [4.69, 9.17) is 5.73 Å². The standard InChI is InChI=1S/C12H16BrFN2O/c1-12(2,3)10(15)11(17)16-9-5-4-7(14)6-8(9)13/h4-6,10H,15H2,1-3H3,(H,16,17)/t10-/m1/s1. The summed E-state index contributed by atoms with van der Waals surface area (Å²) in [5, 5.41) is 2.67. The van der Waals surface area contributed by atoms with Crippen LogP contribution in [-0.4, -0.2) is 11.9 Å². The molecule has 1 atom stereocenters. The van der Waals surface area contributed by atoms with Crippen LogP contribution in [0.3, 0.4) is 0 Å². The van der Waals surface area contributed by atoms with Gasteiger partial charge in [-0.25, -0.2) is 4.39 Å². The fourth-order valence-corrected chi connectivity index (χ4v) is 1.64. The van der Waals surface area contributed by atoms with E-state index in [1.807, 2.05) is 20.8 Å². The first-order valence-electron chi connectivity index (χ1n) is 5.23. The fourth-order valence-electron chi connectivity index (χ4n) is 1.19. The Morgan fingerprint density at radius 3 is 2.53 bits per heavy atom. The lowest BCUT2D eigenvalue weighted by Gasteiger charge is -2.26. The monoisotopic (exact) mass is 302 g/mol. The quantitative estimate of drug-likeness (QED) is 0.882. The summed E-state index contributed by atoms with van der Waals surface area (Å²) in [7, 11) is 0. The molecule has 1 aromatic rings. The van der Waals surface area contributed by atoms with Crippen molar-refractivity contribution in [1.29, 1.82) is 0 Å². The molecule has 0 heterocycles. The van der Waals surface area contributed by atoms with Crippen molar-refractivity contribution in [2.24, 2.45) is 11.1 Å². The van der Waals surface area contributed by atoms with Crippen LogP contribution in [0.4, 0.5) is 10.1 Å². The highest BCUT2D eigenvalue weighted by molar-refractivity contribution is 9.10. The van der Waals surface area contributed by atoms with E-state index in [0.29, 0.717) is 10.2 Å². The molecule has 0 aliphatic carbocycles. The number of halogens is 2. The molecule has 1 amide bonds. The number of benzene rings is 1. The van der Waals surface area contributed by atoms with Gasteiger partial charge in [-0.2, -0.15) is 0 Å². The highest BCUT2D eigenvalue weighted by Crippen LogP contribution is 2.24. The lowest BCUT2D eigenvalue weighted by molar-refractivity contribution is -0.119. The molecule has 94 valence electrons. The zero-order valence-corrected chi connectivity index (χ0v) is 11.6. The summed E-state index contributed by atoms with van der Waals surface area (Å²) >= 11 is 3.18. The smallest absolute Gasteiger partial charge is 0.241 e. The third kappa shape index (κ3) is 3.78. The molecule has 0 aliphatic heterocycles. The molecule has 3 nitrogen and oxygen atoms in total. The minimum absolute atomic E-state index is 0.287. The molecule has 0 spiro atoms. The molecule has 3 N–H and O–H groups in total. The number of hydrogen-bond acceptors (Lipinski definition) is 2. The van der Waals surface area contributed by atoms with Crippen molar-refractivity contribution in [1.82, 2.24) is 0 Å². The lowest BCUT2D eigenvalue weighted by Crippen LogP contribution is -2.45. The van der Waals surface area contributed by atoms with Crippen molar-refractivity contribution in [3.63, 3.8) is 0 Å². The van der Waals surface area contributed by atoms with E-state index in [0.717, 1.165) is 0 Å². The van der Waals surface area contributed by atoms with Gasteiger partial charge in [0.2, 0.25) is 5.91 Å². The van der Waals surface area contributed by atoms with Gasteiger partial charge in [0, 0.05) is 4.47 Å². The topological polar surface area (TPSA) is 55.1 Å². The fraction of sp³-hybridized carbons (Fsp3) is 0.417. The van der Waals surface area contributed by atoms with E-state index < -0.39 is 6.04 Å². The van der Waals surface area contributed by atoms with Crippen LogP contribution in [0.15, 0.2) is 22.7 Å². The molecule has 17 heavy (non-hydrogen) atoms. The number of anilines is 1. The van der Waals surface area contributed by atoms with Gasteiger partial charge in [-0.3, -0.25) is 4.79 Å². The summed E-state index contributed by atoms with van der Waals surface area (Å²) in [6.07, 6.45) is 0. The molecule has 0 saturated carbocycles. The van der Waals surface area contributed by atoms with Gasteiger partial charge in [0.1, 0.15) is 5.82 Å². The second kappa shape index (κ2) is 5.14. The van der Waals surface area contributed by atoms with Gasteiger partial charge in [-0.15, -0.1) is 0 Å². The average molecular weight is 303 g/mol. The summed E-state index contributed by atoms with van der Waals surface area (Å²) in [5.41, 5.74) is 6.01. The van der Waals surface area contributed by atoms with Gasteiger partial charge in [0.15, 0.2) is 0 Å². The van der Waals surface area contributed by atoms with Crippen molar-refractivity contribution in [3.8, 4) is 0 Å². The van der Waals surface area contributed by atoms with Crippen molar-refractivity contribution in [2.75, 3.05) is 5.32 Å². The largest absolute Gasteiger partial charge is 0.324 e. The Morgan fingerprint density at radius 2 is 2.06 bits per heavy atom. The minimum atomic E-state index is -0.626. The number of hydrogen-bond donors (Lipinski definition) is 2. The number of carbonyl (C=O) groups excluding carboxylic acids is 1. The molecule has 0 saturated heterocycles. The highest BCUT2D eigenvalue weighted by atomic mass is 79.9. The van der Waals surface area contributed by atoms with Gasteiger partial charge < -0.3 is 11.1 Å². The maximum Gasteiger partial charge on any atom is 0.241 e. The molecule has 0 fully saturated rings. The number of amides is 1. The van der Waals surface area contributed by atoms with Crippen LogP contribution in [0, 0.1) is 11.2 Å². The van der Waals surface area contributed by atoms with Crippen LogP contribution in [0.2, 0.25) is 0 Å². The van der Waals surface area contributed by atoms with Crippen molar-refractivity contribution in [2.45, 2.75) is 26.8 Å². The number of nitrogens with one attached hydrogen (secondary N) is 1. The molecule has 0 bridgehead atoms.